The van der Waals surface area contributed by atoms with Gasteiger partial charge < -0.3 is 10.2 Å². The predicted octanol–water partition coefficient (Wildman–Crippen LogP) is 1.22. The number of hydrogen-bond acceptors (Lipinski definition) is 4. The number of halogens is 1. The monoisotopic (exact) mass is 326 g/mol. The Bertz CT molecular complexity index is 400. The minimum atomic E-state index is -3.25. The Balaban J connectivity index is 0.00000361. The SMILES string of the molecule is CCCCCS(=O)(=O)CC(=O)N1CCNC(C)C1C.Cl. The number of carbonyl (C=O) groups is 1. The van der Waals surface area contributed by atoms with Crippen LogP contribution in [0.1, 0.15) is 40.0 Å². The first-order valence-corrected chi connectivity index (χ1v) is 8.93. The maximum absolute atomic E-state index is 12.1. The van der Waals surface area contributed by atoms with E-state index in [0.29, 0.717) is 13.0 Å². The lowest BCUT2D eigenvalue weighted by atomic mass is 10.1. The molecule has 0 saturated carbocycles. The first-order chi connectivity index (χ1) is 8.87. The molecule has 2 unspecified atom stereocenters. The van der Waals surface area contributed by atoms with Crippen molar-refractivity contribution in [1.29, 1.82) is 0 Å². The van der Waals surface area contributed by atoms with Gasteiger partial charge in [-0.15, -0.1) is 12.4 Å². The highest BCUT2D eigenvalue weighted by molar-refractivity contribution is 7.92. The molecule has 0 aliphatic carbocycles. The van der Waals surface area contributed by atoms with E-state index in [9.17, 15) is 13.2 Å². The summed E-state index contributed by atoms with van der Waals surface area (Å²) in [5, 5.41) is 3.28. The van der Waals surface area contributed by atoms with Crippen LogP contribution < -0.4 is 5.32 Å². The highest BCUT2D eigenvalue weighted by Gasteiger charge is 2.30. The second kappa shape index (κ2) is 8.85. The van der Waals surface area contributed by atoms with E-state index in [1.54, 1.807) is 4.90 Å². The zero-order valence-electron chi connectivity index (χ0n) is 12.6. The molecule has 0 spiro atoms. The quantitative estimate of drug-likeness (QED) is 0.745. The Morgan fingerprint density at radius 1 is 1.30 bits per heavy atom. The van der Waals surface area contributed by atoms with Crippen LogP contribution in [0.4, 0.5) is 0 Å². The number of amides is 1. The fourth-order valence-corrected chi connectivity index (χ4v) is 3.65. The molecule has 5 nitrogen and oxygen atoms in total. The predicted molar refractivity (Wildman–Crippen MR) is 84.1 cm³/mol. The molecule has 0 aromatic heterocycles. The molecule has 20 heavy (non-hydrogen) atoms. The van der Waals surface area contributed by atoms with E-state index >= 15 is 0 Å². The molecular formula is C13H27ClN2O3S. The Kier molecular flexibility index (Phi) is 8.70. The standard InChI is InChI=1S/C13H26N2O3S.ClH/c1-4-5-6-9-19(17,18)10-13(16)15-8-7-14-11(2)12(15)3;/h11-12,14H,4-10H2,1-3H3;1H. The summed E-state index contributed by atoms with van der Waals surface area (Å²) in [5.74, 6) is -0.464. The highest BCUT2D eigenvalue weighted by atomic mass is 35.5. The lowest BCUT2D eigenvalue weighted by Crippen LogP contribution is -2.58. The summed E-state index contributed by atoms with van der Waals surface area (Å²) in [6, 6.07) is 0.257. The van der Waals surface area contributed by atoms with E-state index in [0.717, 1.165) is 19.4 Å². The molecule has 1 saturated heterocycles. The third-order valence-electron chi connectivity index (χ3n) is 3.76. The summed E-state index contributed by atoms with van der Waals surface area (Å²) in [7, 11) is -3.25. The van der Waals surface area contributed by atoms with E-state index in [1.165, 1.54) is 0 Å². The van der Waals surface area contributed by atoms with E-state index in [-0.39, 0.29) is 41.9 Å². The zero-order chi connectivity index (χ0) is 14.5. The van der Waals surface area contributed by atoms with Gasteiger partial charge in [0.2, 0.25) is 5.91 Å². The normalized spacial score (nSPS) is 23.2. The molecule has 1 fully saturated rings. The molecule has 1 heterocycles. The molecule has 0 aromatic carbocycles. The number of sulfone groups is 1. The summed E-state index contributed by atoms with van der Waals surface area (Å²) in [5.41, 5.74) is 0. The molecule has 7 heteroatoms. The van der Waals surface area contributed by atoms with Crippen molar-refractivity contribution in [3.05, 3.63) is 0 Å². The number of nitrogens with zero attached hydrogens (tertiary/aromatic N) is 1. The van der Waals surface area contributed by atoms with Crippen molar-refractivity contribution in [2.75, 3.05) is 24.6 Å². The average Bonchev–Trinajstić information content (AvgIpc) is 2.32. The smallest absolute Gasteiger partial charge is 0.238 e. The van der Waals surface area contributed by atoms with Crippen LogP contribution >= 0.6 is 12.4 Å². The van der Waals surface area contributed by atoms with Crippen molar-refractivity contribution >= 4 is 28.2 Å². The van der Waals surface area contributed by atoms with Crippen LogP contribution in [0.3, 0.4) is 0 Å². The Labute approximate surface area is 128 Å². The molecule has 0 aromatic rings. The molecule has 0 bridgehead atoms. The van der Waals surface area contributed by atoms with Gasteiger partial charge in [-0.1, -0.05) is 19.8 Å². The van der Waals surface area contributed by atoms with Crippen LogP contribution in [0.25, 0.3) is 0 Å². The summed E-state index contributed by atoms with van der Waals surface area (Å²) in [6.45, 7) is 7.32. The van der Waals surface area contributed by atoms with Crippen LogP contribution in [-0.4, -0.2) is 55.9 Å². The minimum absolute atomic E-state index is 0. The molecule has 1 N–H and O–H groups in total. The van der Waals surface area contributed by atoms with Crippen molar-refractivity contribution < 1.29 is 13.2 Å². The van der Waals surface area contributed by atoms with Gasteiger partial charge in [0.1, 0.15) is 5.75 Å². The average molecular weight is 327 g/mol. The third kappa shape index (κ3) is 5.97. The van der Waals surface area contributed by atoms with Crippen molar-refractivity contribution in [2.45, 2.75) is 52.1 Å². The Morgan fingerprint density at radius 3 is 2.55 bits per heavy atom. The van der Waals surface area contributed by atoms with Gasteiger partial charge in [0.15, 0.2) is 9.84 Å². The first kappa shape index (κ1) is 19.7. The second-order valence-electron chi connectivity index (χ2n) is 5.37. The van der Waals surface area contributed by atoms with Crippen LogP contribution in [0.5, 0.6) is 0 Å². The number of hydrogen-bond donors (Lipinski definition) is 1. The third-order valence-corrected chi connectivity index (χ3v) is 5.35. The molecule has 120 valence electrons. The van der Waals surface area contributed by atoms with E-state index in [2.05, 4.69) is 5.32 Å². The van der Waals surface area contributed by atoms with E-state index in [1.807, 2.05) is 20.8 Å². The van der Waals surface area contributed by atoms with Gasteiger partial charge >= 0.3 is 0 Å². The van der Waals surface area contributed by atoms with Gasteiger partial charge in [-0.25, -0.2) is 8.42 Å². The summed E-state index contributed by atoms with van der Waals surface area (Å²) >= 11 is 0. The first-order valence-electron chi connectivity index (χ1n) is 7.10. The number of piperazine rings is 1. The Morgan fingerprint density at radius 2 is 1.95 bits per heavy atom. The van der Waals surface area contributed by atoms with Crippen LogP contribution in [-0.2, 0) is 14.6 Å². The van der Waals surface area contributed by atoms with Crippen LogP contribution in [0, 0.1) is 0 Å². The van der Waals surface area contributed by atoms with Gasteiger partial charge in [0.05, 0.1) is 5.75 Å². The van der Waals surface area contributed by atoms with Gasteiger partial charge in [0, 0.05) is 25.2 Å². The summed E-state index contributed by atoms with van der Waals surface area (Å²) in [4.78, 5) is 13.8. The number of unbranched alkanes of at least 4 members (excludes halogenated alkanes) is 2. The van der Waals surface area contributed by atoms with Gasteiger partial charge in [-0.2, -0.15) is 0 Å². The van der Waals surface area contributed by atoms with Gasteiger partial charge in [-0.05, 0) is 20.3 Å². The van der Waals surface area contributed by atoms with E-state index < -0.39 is 9.84 Å². The van der Waals surface area contributed by atoms with Crippen LogP contribution in [0.15, 0.2) is 0 Å². The summed E-state index contributed by atoms with van der Waals surface area (Å²) in [6.07, 6.45) is 2.53. The van der Waals surface area contributed by atoms with Gasteiger partial charge in [0.25, 0.3) is 0 Å². The lowest BCUT2D eigenvalue weighted by molar-refractivity contribution is -0.132. The fraction of sp³-hybridized carbons (Fsp3) is 0.923. The lowest BCUT2D eigenvalue weighted by Gasteiger charge is -2.38. The largest absolute Gasteiger partial charge is 0.336 e. The van der Waals surface area contributed by atoms with Crippen molar-refractivity contribution in [3.63, 3.8) is 0 Å². The van der Waals surface area contributed by atoms with Gasteiger partial charge in [-0.3, -0.25) is 4.79 Å². The molecule has 0 radical (unpaired) electrons. The molecule has 1 aliphatic heterocycles. The van der Waals surface area contributed by atoms with Crippen molar-refractivity contribution in [2.24, 2.45) is 0 Å². The molecular weight excluding hydrogens is 300 g/mol. The molecule has 2 atom stereocenters. The molecule has 1 amide bonds. The molecule has 1 aliphatic rings. The maximum atomic E-state index is 12.1. The zero-order valence-corrected chi connectivity index (χ0v) is 14.2. The van der Waals surface area contributed by atoms with Crippen molar-refractivity contribution in [1.82, 2.24) is 10.2 Å². The number of rotatable bonds is 6. The topological polar surface area (TPSA) is 66.5 Å². The van der Waals surface area contributed by atoms with E-state index in [4.69, 9.17) is 0 Å². The van der Waals surface area contributed by atoms with Crippen molar-refractivity contribution in [3.8, 4) is 0 Å². The fourth-order valence-electron chi connectivity index (χ4n) is 2.32. The highest BCUT2D eigenvalue weighted by Crippen LogP contribution is 2.11. The molecule has 1 rings (SSSR count). The second-order valence-corrected chi connectivity index (χ2v) is 7.55. The van der Waals surface area contributed by atoms with Crippen LogP contribution in [0.2, 0.25) is 0 Å². The number of nitrogens with one attached hydrogen (secondary N) is 1. The summed E-state index contributed by atoms with van der Waals surface area (Å²) < 4.78 is 23.8. The maximum Gasteiger partial charge on any atom is 0.238 e. The Hall–Kier alpha value is -0.330. The number of carbonyl (C=O) groups excluding carboxylic acids is 1. The minimum Gasteiger partial charge on any atom is -0.336 e.